The predicted octanol–water partition coefficient (Wildman–Crippen LogP) is 2.63. The second-order valence-electron chi connectivity index (χ2n) is 5.01. The van der Waals surface area contributed by atoms with Crippen molar-refractivity contribution in [2.45, 2.75) is 45.8 Å². The lowest BCUT2D eigenvalue weighted by Gasteiger charge is -2.17. The number of nitrogens with one attached hydrogen (secondary N) is 1. The molecule has 0 saturated carbocycles. The Labute approximate surface area is 126 Å². The predicted molar refractivity (Wildman–Crippen MR) is 82.7 cm³/mol. The molecule has 1 aromatic rings. The second-order valence-corrected chi connectivity index (χ2v) is 5.01. The minimum atomic E-state index is -0.784. The van der Waals surface area contributed by atoms with E-state index >= 15 is 0 Å². The number of esters is 1. The number of hydrogen-bond donors (Lipinski definition) is 1. The van der Waals surface area contributed by atoms with E-state index < -0.39 is 12.1 Å². The molecule has 1 aromatic carbocycles. The number of benzene rings is 1. The Bertz CT molecular complexity index is 482. The quantitative estimate of drug-likeness (QED) is 0.620. The number of aryl methyl sites for hydroxylation is 1. The van der Waals surface area contributed by atoms with Gasteiger partial charge in [0.1, 0.15) is 0 Å². The van der Waals surface area contributed by atoms with Crippen LogP contribution >= 0.6 is 0 Å². The van der Waals surface area contributed by atoms with Crippen LogP contribution in [-0.4, -0.2) is 24.0 Å². The second kappa shape index (κ2) is 8.95. The molecule has 0 aliphatic heterocycles. The molecule has 0 aliphatic rings. The van der Waals surface area contributed by atoms with Crippen LogP contribution in [0.2, 0.25) is 0 Å². The minimum absolute atomic E-state index is 0.0283. The van der Waals surface area contributed by atoms with Gasteiger partial charge in [0.05, 0.1) is 0 Å². The smallest absolute Gasteiger partial charge is 0.331 e. The zero-order valence-corrected chi connectivity index (χ0v) is 12.8. The third-order valence-electron chi connectivity index (χ3n) is 3.06. The van der Waals surface area contributed by atoms with Crippen LogP contribution in [0.25, 0.3) is 0 Å². The van der Waals surface area contributed by atoms with Gasteiger partial charge in [0.2, 0.25) is 0 Å². The van der Waals surface area contributed by atoms with Gasteiger partial charge in [-0.05, 0) is 39.2 Å². The maximum Gasteiger partial charge on any atom is 0.331 e. The first-order valence-corrected chi connectivity index (χ1v) is 7.20. The Hall–Kier alpha value is -2.10. The molecule has 0 fully saturated rings. The molecule has 0 bridgehead atoms. The van der Waals surface area contributed by atoms with Gasteiger partial charge < -0.3 is 10.1 Å². The highest BCUT2D eigenvalue weighted by Gasteiger charge is 2.18. The third kappa shape index (κ3) is 6.75. The molecule has 0 saturated heterocycles. The van der Waals surface area contributed by atoms with Gasteiger partial charge in [0.15, 0.2) is 6.10 Å². The highest BCUT2D eigenvalue weighted by Crippen LogP contribution is 2.05. The van der Waals surface area contributed by atoms with Crippen molar-refractivity contribution >= 4 is 11.9 Å². The first-order chi connectivity index (χ1) is 10.0. The zero-order valence-electron chi connectivity index (χ0n) is 12.8. The molecular weight excluding hydrogens is 266 g/mol. The number of allylic oxidation sites excluding steroid dienone is 1. The lowest BCUT2D eigenvalue weighted by molar-refractivity contribution is -0.150. The molecule has 0 heterocycles. The van der Waals surface area contributed by atoms with Gasteiger partial charge in [-0.3, -0.25) is 4.79 Å². The van der Waals surface area contributed by atoms with E-state index in [1.54, 1.807) is 19.9 Å². The van der Waals surface area contributed by atoms with Gasteiger partial charge in [0.25, 0.3) is 5.91 Å². The number of rotatable bonds is 7. The summed E-state index contributed by atoms with van der Waals surface area (Å²) in [6.45, 7) is 5.24. The van der Waals surface area contributed by atoms with Crippen LogP contribution < -0.4 is 5.32 Å². The fourth-order valence-corrected chi connectivity index (χ4v) is 1.86. The van der Waals surface area contributed by atoms with Crippen LogP contribution in [-0.2, 0) is 20.7 Å². The number of hydrogen-bond acceptors (Lipinski definition) is 3. The van der Waals surface area contributed by atoms with Crippen LogP contribution in [0.4, 0.5) is 0 Å². The third-order valence-corrected chi connectivity index (χ3v) is 3.06. The maximum absolute atomic E-state index is 11.9. The normalized spacial score (nSPS) is 13.7. The maximum atomic E-state index is 11.9. The van der Waals surface area contributed by atoms with Crippen molar-refractivity contribution in [2.24, 2.45) is 0 Å². The van der Waals surface area contributed by atoms with E-state index in [1.807, 2.05) is 25.1 Å². The molecule has 2 unspecified atom stereocenters. The Morgan fingerprint density at radius 3 is 2.52 bits per heavy atom. The molecule has 114 valence electrons. The van der Waals surface area contributed by atoms with Crippen molar-refractivity contribution in [3.05, 3.63) is 48.0 Å². The molecule has 1 rings (SSSR count). The number of carbonyl (C=O) groups excluding carboxylic acids is 2. The monoisotopic (exact) mass is 289 g/mol. The number of amides is 1. The molecule has 0 aromatic heterocycles. The van der Waals surface area contributed by atoms with Crippen LogP contribution in [0.1, 0.15) is 32.8 Å². The van der Waals surface area contributed by atoms with Gasteiger partial charge >= 0.3 is 5.97 Å². The van der Waals surface area contributed by atoms with Gasteiger partial charge in [-0.2, -0.15) is 0 Å². The topological polar surface area (TPSA) is 55.4 Å². The van der Waals surface area contributed by atoms with Crippen molar-refractivity contribution < 1.29 is 14.3 Å². The van der Waals surface area contributed by atoms with Gasteiger partial charge in [-0.1, -0.05) is 36.4 Å². The summed E-state index contributed by atoms with van der Waals surface area (Å²) < 4.78 is 4.98. The van der Waals surface area contributed by atoms with E-state index in [0.717, 1.165) is 12.8 Å². The van der Waals surface area contributed by atoms with Crippen molar-refractivity contribution in [3.63, 3.8) is 0 Å². The van der Waals surface area contributed by atoms with E-state index in [9.17, 15) is 9.59 Å². The first-order valence-electron chi connectivity index (χ1n) is 7.20. The molecule has 2 atom stereocenters. The summed E-state index contributed by atoms with van der Waals surface area (Å²) in [6, 6.07) is 10.1. The lowest BCUT2D eigenvalue weighted by atomic mass is 10.1. The molecular formula is C17H23NO3. The molecule has 0 aliphatic carbocycles. The molecule has 1 N–H and O–H groups in total. The summed E-state index contributed by atoms with van der Waals surface area (Å²) in [5, 5.41) is 2.86. The fraction of sp³-hybridized carbons (Fsp3) is 0.412. The Balaban J connectivity index is 2.34. The molecule has 4 nitrogen and oxygen atoms in total. The molecule has 0 radical (unpaired) electrons. The van der Waals surface area contributed by atoms with Crippen molar-refractivity contribution in [3.8, 4) is 0 Å². The summed E-state index contributed by atoms with van der Waals surface area (Å²) in [7, 11) is 0. The summed E-state index contributed by atoms with van der Waals surface area (Å²) in [6.07, 6.45) is 3.83. The van der Waals surface area contributed by atoms with E-state index in [0.29, 0.717) is 0 Å². The van der Waals surface area contributed by atoms with E-state index in [-0.39, 0.29) is 11.9 Å². The first kappa shape index (κ1) is 17.0. The fourth-order valence-electron chi connectivity index (χ4n) is 1.86. The van der Waals surface area contributed by atoms with Crippen LogP contribution in [0.15, 0.2) is 42.5 Å². The van der Waals surface area contributed by atoms with E-state index in [4.69, 9.17) is 4.74 Å². The zero-order chi connectivity index (χ0) is 15.7. The van der Waals surface area contributed by atoms with Crippen molar-refractivity contribution in [1.29, 1.82) is 0 Å². The number of carbonyl (C=O) groups is 2. The standard InChI is InChI=1S/C17H23NO3/c1-4-8-16(19)21-14(3)17(20)18-13(2)11-12-15-9-6-5-7-10-15/h4-10,13-14H,11-12H2,1-3H3,(H,18,20). The average molecular weight is 289 g/mol. The summed E-state index contributed by atoms with van der Waals surface area (Å²) in [4.78, 5) is 23.2. The van der Waals surface area contributed by atoms with Crippen LogP contribution in [0.3, 0.4) is 0 Å². The molecule has 1 amide bonds. The van der Waals surface area contributed by atoms with E-state index in [1.165, 1.54) is 11.6 Å². The van der Waals surface area contributed by atoms with Crippen molar-refractivity contribution in [1.82, 2.24) is 5.32 Å². The molecule has 0 spiro atoms. The Morgan fingerprint density at radius 2 is 1.90 bits per heavy atom. The van der Waals surface area contributed by atoms with E-state index in [2.05, 4.69) is 17.4 Å². The van der Waals surface area contributed by atoms with Crippen molar-refractivity contribution in [2.75, 3.05) is 0 Å². The molecule has 21 heavy (non-hydrogen) atoms. The lowest BCUT2D eigenvalue weighted by Crippen LogP contribution is -2.40. The van der Waals surface area contributed by atoms with Crippen LogP contribution in [0, 0.1) is 0 Å². The summed E-state index contributed by atoms with van der Waals surface area (Å²) in [5.41, 5.74) is 1.24. The average Bonchev–Trinajstić information content (AvgIpc) is 2.46. The van der Waals surface area contributed by atoms with Gasteiger partial charge in [0, 0.05) is 12.1 Å². The largest absolute Gasteiger partial charge is 0.449 e. The Kier molecular flexibility index (Phi) is 7.23. The summed E-state index contributed by atoms with van der Waals surface area (Å²) in [5.74, 6) is -0.773. The highest BCUT2D eigenvalue weighted by molar-refractivity contribution is 5.87. The van der Waals surface area contributed by atoms with Crippen LogP contribution in [0.5, 0.6) is 0 Å². The van der Waals surface area contributed by atoms with Gasteiger partial charge in [-0.25, -0.2) is 4.79 Å². The van der Waals surface area contributed by atoms with Gasteiger partial charge in [-0.15, -0.1) is 0 Å². The number of ether oxygens (including phenoxy) is 1. The highest BCUT2D eigenvalue weighted by atomic mass is 16.5. The summed E-state index contributed by atoms with van der Waals surface area (Å²) >= 11 is 0. The Morgan fingerprint density at radius 1 is 1.24 bits per heavy atom. The minimum Gasteiger partial charge on any atom is -0.449 e. The SMILES string of the molecule is CC=CC(=O)OC(C)C(=O)NC(C)CCc1ccccc1. The molecule has 4 heteroatoms.